The van der Waals surface area contributed by atoms with Crippen molar-refractivity contribution in [2.24, 2.45) is 5.73 Å². The minimum atomic E-state index is -0.514. The lowest BCUT2D eigenvalue weighted by Gasteiger charge is -2.19. The largest absolute Gasteiger partial charge is 0.456 e. The van der Waals surface area contributed by atoms with Gasteiger partial charge in [0.15, 0.2) is 0 Å². The monoisotopic (exact) mass is 250 g/mol. The molecular weight excluding hydrogens is 232 g/mol. The molecule has 0 aliphatic rings. The Balaban J connectivity index is 2.65. The van der Waals surface area contributed by atoms with E-state index in [1.165, 1.54) is 0 Å². The van der Waals surface area contributed by atoms with Crippen molar-refractivity contribution < 1.29 is 14.3 Å². The van der Waals surface area contributed by atoms with E-state index in [2.05, 4.69) is 5.32 Å². The van der Waals surface area contributed by atoms with E-state index in [4.69, 9.17) is 10.5 Å². The van der Waals surface area contributed by atoms with Gasteiger partial charge >= 0.3 is 5.97 Å². The van der Waals surface area contributed by atoms with Crippen LogP contribution in [0.4, 0.5) is 5.69 Å². The SMILES string of the molecule is CC(C)(C)OC(=O)c1ccc(NCC(N)=O)cc1. The summed E-state index contributed by atoms with van der Waals surface area (Å²) in [5, 5.41) is 2.83. The molecule has 0 heterocycles. The van der Waals surface area contributed by atoms with Gasteiger partial charge in [-0.05, 0) is 45.0 Å². The lowest BCUT2D eigenvalue weighted by molar-refractivity contribution is -0.116. The molecule has 1 amide bonds. The molecule has 1 aromatic carbocycles. The highest BCUT2D eigenvalue weighted by Crippen LogP contribution is 2.14. The third-order valence-corrected chi connectivity index (χ3v) is 1.99. The van der Waals surface area contributed by atoms with E-state index in [0.29, 0.717) is 5.56 Å². The first-order chi connectivity index (χ1) is 8.28. The Hall–Kier alpha value is -2.04. The van der Waals surface area contributed by atoms with E-state index in [1.54, 1.807) is 24.3 Å². The highest BCUT2D eigenvalue weighted by molar-refractivity contribution is 5.90. The highest BCUT2D eigenvalue weighted by atomic mass is 16.6. The number of carbonyl (C=O) groups excluding carboxylic acids is 2. The molecule has 5 nitrogen and oxygen atoms in total. The third kappa shape index (κ3) is 4.86. The third-order valence-electron chi connectivity index (χ3n) is 1.99. The van der Waals surface area contributed by atoms with Crippen LogP contribution in [-0.2, 0) is 9.53 Å². The van der Waals surface area contributed by atoms with Crippen LogP contribution >= 0.6 is 0 Å². The number of nitrogens with two attached hydrogens (primary N) is 1. The molecule has 0 saturated heterocycles. The van der Waals surface area contributed by atoms with Crippen molar-refractivity contribution in [1.82, 2.24) is 0 Å². The Morgan fingerprint density at radius 3 is 2.22 bits per heavy atom. The Morgan fingerprint density at radius 1 is 1.22 bits per heavy atom. The number of hydrogen-bond donors (Lipinski definition) is 2. The van der Waals surface area contributed by atoms with E-state index >= 15 is 0 Å². The molecule has 0 radical (unpaired) electrons. The number of esters is 1. The number of carbonyl (C=O) groups is 2. The molecule has 0 aliphatic carbocycles. The first-order valence-corrected chi connectivity index (χ1v) is 5.63. The van der Waals surface area contributed by atoms with Crippen LogP contribution in [0.2, 0.25) is 0 Å². The minimum absolute atomic E-state index is 0.0613. The molecular formula is C13H18N2O3. The molecule has 0 atom stereocenters. The molecule has 0 bridgehead atoms. The van der Waals surface area contributed by atoms with E-state index in [0.717, 1.165) is 5.69 Å². The van der Waals surface area contributed by atoms with Crippen LogP contribution in [0.3, 0.4) is 0 Å². The van der Waals surface area contributed by atoms with Gasteiger partial charge in [0, 0.05) is 5.69 Å². The van der Waals surface area contributed by atoms with Crippen LogP contribution in [0.25, 0.3) is 0 Å². The summed E-state index contributed by atoms with van der Waals surface area (Å²) >= 11 is 0. The van der Waals surface area contributed by atoms with Gasteiger partial charge in [0.2, 0.25) is 5.91 Å². The number of ether oxygens (including phenoxy) is 1. The molecule has 1 rings (SSSR count). The molecule has 18 heavy (non-hydrogen) atoms. The number of hydrogen-bond acceptors (Lipinski definition) is 4. The summed E-state index contributed by atoms with van der Waals surface area (Å²) in [6, 6.07) is 6.67. The van der Waals surface area contributed by atoms with Crippen LogP contribution in [0.5, 0.6) is 0 Å². The normalized spacial score (nSPS) is 10.8. The van der Waals surface area contributed by atoms with Crippen LogP contribution < -0.4 is 11.1 Å². The topological polar surface area (TPSA) is 81.4 Å². The van der Waals surface area contributed by atoms with Gasteiger partial charge in [0.05, 0.1) is 12.1 Å². The number of rotatable bonds is 4. The molecule has 0 aromatic heterocycles. The van der Waals surface area contributed by atoms with Crippen molar-refractivity contribution in [3.8, 4) is 0 Å². The van der Waals surface area contributed by atoms with Gasteiger partial charge in [-0.25, -0.2) is 4.79 Å². The zero-order valence-electron chi connectivity index (χ0n) is 10.8. The van der Waals surface area contributed by atoms with E-state index < -0.39 is 11.5 Å². The smallest absolute Gasteiger partial charge is 0.338 e. The average Bonchev–Trinajstić information content (AvgIpc) is 2.24. The molecule has 0 spiro atoms. The Labute approximate surface area is 106 Å². The first kappa shape index (κ1) is 14.0. The summed E-state index contributed by atoms with van der Waals surface area (Å²) in [5.41, 5.74) is 5.69. The van der Waals surface area contributed by atoms with E-state index in [-0.39, 0.29) is 12.5 Å². The summed E-state index contributed by atoms with van der Waals surface area (Å²) in [6.45, 7) is 5.50. The fourth-order valence-corrected chi connectivity index (χ4v) is 1.25. The standard InChI is InChI=1S/C13H18N2O3/c1-13(2,3)18-12(17)9-4-6-10(7-5-9)15-8-11(14)16/h4-7,15H,8H2,1-3H3,(H2,14,16). The molecule has 0 saturated carbocycles. The maximum atomic E-state index is 11.7. The second-order valence-corrected chi connectivity index (χ2v) is 4.90. The Bertz CT molecular complexity index is 433. The van der Waals surface area contributed by atoms with Gasteiger partial charge in [0.1, 0.15) is 5.60 Å². The number of nitrogens with one attached hydrogen (secondary N) is 1. The second kappa shape index (κ2) is 5.53. The zero-order valence-corrected chi connectivity index (χ0v) is 10.8. The first-order valence-electron chi connectivity index (χ1n) is 5.63. The Morgan fingerprint density at radius 2 is 1.78 bits per heavy atom. The summed E-state index contributed by atoms with van der Waals surface area (Å²) < 4.78 is 5.23. The zero-order chi connectivity index (χ0) is 13.8. The molecule has 0 unspecified atom stereocenters. The fraction of sp³-hybridized carbons (Fsp3) is 0.385. The van der Waals surface area contributed by atoms with Crippen LogP contribution in [0.15, 0.2) is 24.3 Å². The van der Waals surface area contributed by atoms with Crippen molar-refractivity contribution in [2.45, 2.75) is 26.4 Å². The van der Waals surface area contributed by atoms with Crippen LogP contribution in [-0.4, -0.2) is 24.0 Å². The molecule has 0 aliphatic heterocycles. The highest BCUT2D eigenvalue weighted by Gasteiger charge is 2.17. The lowest BCUT2D eigenvalue weighted by Crippen LogP contribution is -2.24. The number of benzene rings is 1. The van der Waals surface area contributed by atoms with Crippen molar-refractivity contribution in [3.05, 3.63) is 29.8 Å². The van der Waals surface area contributed by atoms with Crippen LogP contribution in [0.1, 0.15) is 31.1 Å². The fourth-order valence-electron chi connectivity index (χ4n) is 1.25. The van der Waals surface area contributed by atoms with Gasteiger partial charge in [0.25, 0.3) is 0 Å². The summed E-state index contributed by atoms with van der Waals surface area (Å²) in [6.07, 6.45) is 0. The van der Waals surface area contributed by atoms with Crippen molar-refractivity contribution in [2.75, 3.05) is 11.9 Å². The second-order valence-electron chi connectivity index (χ2n) is 4.90. The molecule has 5 heteroatoms. The van der Waals surface area contributed by atoms with E-state index in [1.807, 2.05) is 20.8 Å². The predicted molar refractivity (Wildman–Crippen MR) is 69.3 cm³/mol. The maximum absolute atomic E-state index is 11.7. The summed E-state index contributed by atoms with van der Waals surface area (Å²) in [5.74, 6) is -0.810. The van der Waals surface area contributed by atoms with Gasteiger partial charge in [-0.3, -0.25) is 4.79 Å². The predicted octanol–water partition coefficient (Wildman–Crippen LogP) is 1.54. The van der Waals surface area contributed by atoms with Crippen molar-refractivity contribution in [3.63, 3.8) is 0 Å². The van der Waals surface area contributed by atoms with Gasteiger partial charge in [-0.15, -0.1) is 0 Å². The quantitative estimate of drug-likeness (QED) is 0.794. The average molecular weight is 250 g/mol. The molecule has 0 fully saturated rings. The number of anilines is 1. The van der Waals surface area contributed by atoms with Gasteiger partial charge in [-0.1, -0.05) is 0 Å². The molecule has 3 N–H and O–H groups in total. The Kier molecular flexibility index (Phi) is 4.31. The van der Waals surface area contributed by atoms with Gasteiger partial charge in [-0.2, -0.15) is 0 Å². The van der Waals surface area contributed by atoms with E-state index in [9.17, 15) is 9.59 Å². The maximum Gasteiger partial charge on any atom is 0.338 e. The van der Waals surface area contributed by atoms with Gasteiger partial charge < -0.3 is 15.8 Å². The summed E-state index contributed by atoms with van der Waals surface area (Å²) in [4.78, 5) is 22.3. The minimum Gasteiger partial charge on any atom is -0.456 e. The van der Waals surface area contributed by atoms with Crippen LogP contribution in [0, 0.1) is 0 Å². The number of amides is 1. The van der Waals surface area contributed by atoms with Crippen molar-refractivity contribution in [1.29, 1.82) is 0 Å². The lowest BCUT2D eigenvalue weighted by atomic mass is 10.1. The van der Waals surface area contributed by atoms with Crippen molar-refractivity contribution >= 4 is 17.6 Å². The number of primary amides is 1. The summed E-state index contributed by atoms with van der Waals surface area (Å²) in [7, 11) is 0. The molecule has 98 valence electrons. The molecule has 1 aromatic rings.